The molecule has 1 fully saturated rings. The van der Waals surface area contributed by atoms with E-state index in [0.717, 1.165) is 54.2 Å². The van der Waals surface area contributed by atoms with Crippen molar-refractivity contribution in [3.05, 3.63) is 53.9 Å². The number of hydrogen-bond acceptors (Lipinski definition) is 5. The number of hydrogen-bond donors (Lipinski definition) is 1. The summed E-state index contributed by atoms with van der Waals surface area (Å²) in [5.74, 6) is 0.816. The third-order valence-electron chi connectivity index (χ3n) is 4.53. The molecule has 1 aromatic carbocycles. The van der Waals surface area contributed by atoms with Gasteiger partial charge in [0.05, 0.1) is 37.8 Å². The molecule has 0 aliphatic carbocycles. The highest BCUT2D eigenvalue weighted by atomic mass is 16.5. The summed E-state index contributed by atoms with van der Waals surface area (Å²) in [6, 6.07) is 9.80. The highest BCUT2D eigenvalue weighted by molar-refractivity contribution is 5.95. The topological polar surface area (TPSA) is 67.6 Å². The summed E-state index contributed by atoms with van der Waals surface area (Å²) in [7, 11) is 0. The van der Waals surface area contributed by atoms with Gasteiger partial charge in [-0.15, -0.1) is 0 Å². The van der Waals surface area contributed by atoms with E-state index in [1.807, 2.05) is 37.3 Å². The molecule has 0 radical (unpaired) electrons. The zero-order valence-electron chi connectivity index (χ0n) is 14.7. The molecule has 3 heterocycles. The molecule has 1 saturated heterocycles. The van der Waals surface area contributed by atoms with Gasteiger partial charge in [-0.05, 0) is 30.7 Å². The van der Waals surface area contributed by atoms with Crippen molar-refractivity contribution >= 4 is 28.4 Å². The normalized spacial score (nSPS) is 14.6. The molecule has 6 nitrogen and oxygen atoms in total. The lowest BCUT2D eigenvalue weighted by Gasteiger charge is -2.27. The first-order chi connectivity index (χ1) is 12.7. The van der Waals surface area contributed by atoms with Crippen LogP contribution in [0.1, 0.15) is 11.1 Å². The van der Waals surface area contributed by atoms with Gasteiger partial charge in [0.25, 0.3) is 0 Å². The average Bonchev–Trinajstić information content (AvgIpc) is 3.04. The lowest BCUT2D eigenvalue weighted by atomic mass is 10.1. The molecule has 1 amide bonds. The molecular weight excluding hydrogens is 330 g/mol. The second kappa shape index (κ2) is 7.17. The third-order valence-corrected chi connectivity index (χ3v) is 4.53. The molecule has 1 aliphatic rings. The number of aromatic nitrogens is 1. The van der Waals surface area contributed by atoms with Crippen LogP contribution in [0.3, 0.4) is 0 Å². The molecule has 26 heavy (non-hydrogen) atoms. The fraction of sp³-hybridized carbons (Fsp3) is 0.300. The van der Waals surface area contributed by atoms with Gasteiger partial charge in [0.1, 0.15) is 11.4 Å². The molecule has 3 aromatic rings. The van der Waals surface area contributed by atoms with Gasteiger partial charge >= 0.3 is 0 Å². The molecule has 0 atom stereocenters. The SMILES string of the molecule is Cc1ccc2c(CC(=O)Nc3ccc(N4CCOCC4)nc3)coc2c1. The van der Waals surface area contributed by atoms with Gasteiger partial charge in [0, 0.05) is 24.0 Å². The van der Waals surface area contributed by atoms with Crippen LogP contribution in [0, 0.1) is 6.92 Å². The minimum atomic E-state index is -0.0887. The summed E-state index contributed by atoms with van der Waals surface area (Å²) < 4.78 is 10.9. The number of carbonyl (C=O) groups is 1. The van der Waals surface area contributed by atoms with Gasteiger partial charge in [0.15, 0.2) is 0 Å². The van der Waals surface area contributed by atoms with E-state index in [9.17, 15) is 4.79 Å². The molecule has 1 N–H and O–H groups in total. The van der Waals surface area contributed by atoms with Gasteiger partial charge in [-0.1, -0.05) is 12.1 Å². The lowest BCUT2D eigenvalue weighted by Crippen LogP contribution is -2.36. The summed E-state index contributed by atoms with van der Waals surface area (Å²) in [5, 5.41) is 3.88. The number of pyridine rings is 1. The zero-order valence-corrected chi connectivity index (χ0v) is 14.7. The Labute approximate surface area is 151 Å². The van der Waals surface area contributed by atoms with E-state index in [-0.39, 0.29) is 12.3 Å². The first-order valence-electron chi connectivity index (χ1n) is 8.74. The minimum absolute atomic E-state index is 0.0887. The van der Waals surface area contributed by atoms with Crippen molar-refractivity contribution in [1.82, 2.24) is 4.98 Å². The monoisotopic (exact) mass is 351 g/mol. The Morgan fingerprint density at radius 3 is 2.85 bits per heavy atom. The number of amides is 1. The lowest BCUT2D eigenvalue weighted by molar-refractivity contribution is -0.115. The minimum Gasteiger partial charge on any atom is -0.464 e. The van der Waals surface area contributed by atoms with Crippen LogP contribution in [0.4, 0.5) is 11.5 Å². The number of anilines is 2. The fourth-order valence-electron chi connectivity index (χ4n) is 3.15. The molecular formula is C20H21N3O3. The molecule has 0 saturated carbocycles. The molecule has 4 rings (SSSR count). The van der Waals surface area contributed by atoms with Crippen LogP contribution in [0.25, 0.3) is 11.0 Å². The smallest absolute Gasteiger partial charge is 0.228 e. The highest BCUT2D eigenvalue weighted by Crippen LogP contribution is 2.23. The van der Waals surface area contributed by atoms with Crippen LogP contribution in [0.15, 0.2) is 47.2 Å². The third kappa shape index (κ3) is 3.55. The second-order valence-electron chi connectivity index (χ2n) is 6.49. The van der Waals surface area contributed by atoms with Crippen molar-refractivity contribution in [3.8, 4) is 0 Å². The van der Waals surface area contributed by atoms with Crippen LogP contribution in [-0.4, -0.2) is 37.2 Å². The fourth-order valence-corrected chi connectivity index (χ4v) is 3.15. The quantitative estimate of drug-likeness (QED) is 0.782. The summed E-state index contributed by atoms with van der Waals surface area (Å²) in [5.41, 5.74) is 3.52. The second-order valence-corrected chi connectivity index (χ2v) is 6.49. The highest BCUT2D eigenvalue weighted by Gasteiger charge is 2.13. The predicted octanol–water partition coefficient (Wildman–Crippen LogP) is 3.15. The van der Waals surface area contributed by atoms with Gasteiger partial charge in [-0.25, -0.2) is 4.98 Å². The van der Waals surface area contributed by atoms with Crippen molar-refractivity contribution in [2.75, 3.05) is 36.5 Å². The number of benzene rings is 1. The van der Waals surface area contributed by atoms with E-state index in [2.05, 4.69) is 15.2 Å². The number of ether oxygens (including phenoxy) is 1. The first kappa shape index (κ1) is 16.6. The standard InChI is InChI=1S/C20H21N3O3/c1-14-2-4-17-15(13-26-18(17)10-14)11-20(24)22-16-3-5-19(21-12-16)23-6-8-25-9-7-23/h2-5,10,12-13H,6-9,11H2,1H3,(H,22,24). The number of furan rings is 1. The van der Waals surface area contributed by atoms with Crippen LogP contribution in [-0.2, 0) is 16.0 Å². The van der Waals surface area contributed by atoms with Crippen molar-refractivity contribution in [2.45, 2.75) is 13.3 Å². The Kier molecular flexibility index (Phi) is 4.58. The Hall–Kier alpha value is -2.86. The van der Waals surface area contributed by atoms with Crippen LogP contribution in [0.5, 0.6) is 0 Å². The van der Waals surface area contributed by atoms with Crippen LogP contribution in [0.2, 0.25) is 0 Å². The first-order valence-corrected chi connectivity index (χ1v) is 8.74. The average molecular weight is 351 g/mol. The number of fused-ring (bicyclic) bond motifs is 1. The predicted molar refractivity (Wildman–Crippen MR) is 101 cm³/mol. The van der Waals surface area contributed by atoms with Crippen molar-refractivity contribution in [1.29, 1.82) is 0 Å². The molecule has 0 spiro atoms. The zero-order chi connectivity index (χ0) is 17.9. The number of nitrogens with zero attached hydrogens (tertiary/aromatic N) is 2. The maximum absolute atomic E-state index is 12.4. The maximum atomic E-state index is 12.4. The Morgan fingerprint density at radius 1 is 1.23 bits per heavy atom. The number of aryl methyl sites for hydroxylation is 1. The van der Waals surface area contributed by atoms with Crippen LogP contribution >= 0.6 is 0 Å². The van der Waals surface area contributed by atoms with E-state index in [1.165, 1.54) is 0 Å². The van der Waals surface area contributed by atoms with Crippen molar-refractivity contribution in [2.24, 2.45) is 0 Å². The largest absolute Gasteiger partial charge is 0.464 e. The summed E-state index contributed by atoms with van der Waals surface area (Å²) >= 11 is 0. The molecule has 134 valence electrons. The molecule has 1 aliphatic heterocycles. The van der Waals surface area contributed by atoms with Gasteiger partial charge in [-0.2, -0.15) is 0 Å². The number of morpholine rings is 1. The number of carbonyl (C=O) groups excluding carboxylic acids is 1. The van der Waals surface area contributed by atoms with Gasteiger partial charge in [0.2, 0.25) is 5.91 Å². The Bertz CT molecular complexity index is 912. The Balaban J connectivity index is 1.41. The molecule has 0 bridgehead atoms. The molecule has 0 unspecified atom stereocenters. The molecule has 6 heteroatoms. The number of rotatable bonds is 4. The summed E-state index contributed by atoms with van der Waals surface area (Å²) in [4.78, 5) is 19.0. The van der Waals surface area contributed by atoms with Crippen molar-refractivity contribution in [3.63, 3.8) is 0 Å². The van der Waals surface area contributed by atoms with E-state index < -0.39 is 0 Å². The van der Waals surface area contributed by atoms with Crippen LogP contribution < -0.4 is 10.2 Å². The van der Waals surface area contributed by atoms with E-state index >= 15 is 0 Å². The van der Waals surface area contributed by atoms with Gasteiger partial charge in [-0.3, -0.25) is 4.79 Å². The van der Waals surface area contributed by atoms with E-state index in [0.29, 0.717) is 5.69 Å². The van der Waals surface area contributed by atoms with E-state index in [1.54, 1.807) is 12.5 Å². The van der Waals surface area contributed by atoms with E-state index in [4.69, 9.17) is 9.15 Å². The summed E-state index contributed by atoms with van der Waals surface area (Å²) in [6.07, 6.45) is 3.62. The van der Waals surface area contributed by atoms with Gasteiger partial charge < -0.3 is 19.4 Å². The maximum Gasteiger partial charge on any atom is 0.228 e. The number of nitrogens with one attached hydrogen (secondary N) is 1. The molecule has 2 aromatic heterocycles. The summed E-state index contributed by atoms with van der Waals surface area (Å²) in [6.45, 7) is 5.14. The van der Waals surface area contributed by atoms with Crippen molar-refractivity contribution < 1.29 is 13.9 Å². The Morgan fingerprint density at radius 2 is 2.08 bits per heavy atom.